The number of aromatic nitrogens is 2. The molecular weight excluding hydrogens is 192 g/mol. The third-order valence-corrected chi connectivity index (χ3v) is 2.33. The highest BCUT2D eigenvalue weighted by molar-refractivity contribution is 5.46. The van der Waals surface area contributed by atoms with Crippen LogP contribution in [0.15, 0.2) is 12.4 Å². The topological polar surface area (TPSA) is 70.8 Å². The van der Waals surface area contributed by atoms with Gasteiger partial charge in [0, 0.05) is 25.5 Å². The fourth-order valence-electron chi connectivity index (χ4n) is 1.57. The molecule has 0 aliphatic carbocycles. The van der Waals surface area contributed by atoms with Gasteiger partial charge in [-0.1, -0.05) is 0 Å². The molecule has 1 unspecified atom stereocenters. The zero-order chi connectivity index (χ0) is 10.5. The lowest BCUT2D eigenvalue weighted by molar-refractivity contribution is 0.120. The van der Waals surface area contributed by atoms with E-state index in [1.807, 2.05) is 6.07 Å². The molecule has 0 saturated carbocycles. The van der Waals surface area contributed by atoms with Crippen LogP contribution < -0.4 is 5.32 Å². The Morgan fingerprint density at radius 1 is 1.53 bits per heavy atom. The second-order valence-corrected chi connectivity index (χ2v) is 3.38. The van der Waals surface area contributed by atoms with Crippen LogP contribution in [0.4, 0.5) is 5.82 Å². The predicted molar refractivity (Wildman–Crippen MR) is 54.2 cm³/mol. The first kappa shape index (κ1) is 9.87. The Bertz CT molecular complexity index is 368. The Hall–Kier alpha value is -1.67. The van der Waals surface area contributed by atoms with Crippen LogP contribution >= 0.6 is 0 Å². The minimum Gasteiger partial charge on any atom is -0.376 e. The number of ether oxygens (including phenoxy) is 1. The van der Waals surface area contributed by atoms with E-state index in [4.69, 9.17) is 10.00 Å². The molecule has 5 heteroatoms. The van der Waals surface area contributed by atoms with Gasteiger partial charge in [0.1, 0.15) is 6.07 Å². The summed E-state index contributed by atoms with van der Waals surface area (Å²) in [6.45, 7) is 1.52. The van der Waals surface area contributed by atoms with Crippen molar-refractivity contribution in [1.29, 1.82) is 5.26 Å². The molecule has 1 saturated heterocycles. The van der Waals surface area contributed by atoms with E-state index in [1.165, 1.54) is 6.20 Å². The quantitative estimate of drug-likeness (QED) is 0.793. The van der Waals surface area contributed by atoms with E-state index in [1.54, 1.807) is 6.20 Å². The van der Waals surface area contributed by atoms with Gasteiger partial charge in [0.2, 0.25) is 0 Å². The van der Waals surface area contributed by atoms with E-state index < -0.39 is 0 Å². The maximum absolute atomic E-state index is 8.79. The summed E-state index contributed by atoms with van der Waals surface area (Å²) in [5.41, 5.74) is 0.329. The number of rotatable bonds is 3. The lowest BCUT2D eigenvalue weighted by atomic mass is 10.2. The normalized spacial score (nSPS) is 19.8. The third kappa shape index (κ3) is 2.42. The highest BCUT2D eigenvalue weighted by Gasteiger charge is 2.15. The highest BCUT2D eigenvalue weighted by atomic mass is 16.5. The standard InChI is InChI=1S/C10H12N4O/c11-6-9-10(13-4-3-12-9)14-7-8-2-1-5-15-8/h3-4,8H,1-2,5,7H2,(H,13,14). The van der Waals surface area contributed by atoms with Crippen molar-refractivity contribution in [3.8, 4) is 6.07 Å². The summed E-state index contributed by atoms with van der Waals surface area (Å²) in [4.78, 5) is 7.97. The molecule has 78 valence electrons. The molecule has 0 spiro atoms. The summed E-state index contributed by atoms with van der Waals surface area (Å²) in [5, 5.41) is 11.9. The van der Waals surface area contributed by atoms with Crippen LogP contribution in [-0.4, -0.2) is 29.2 Å². The Labute approximate surface area is 88.1 Å². The Kier molecular flexibility index (Phi) is 3.10. The van der Waals surface area contributed by atoms with Crippen LogP contribution in [0.5, 0.6) is 0 Å². The van der Waals surface area contributed by atoms with E-state index in [9.17, 15) is 0 Å². The van der Waals surface area contributed by atoms with E-state index in [2.05, 4.69) is 15.3 Å². The van der Waals surface area contributed by atoms with E-state index in [0.29, 0.717) is 18.1 Å². The second kappa shape index (κ2) is 4.71. The van der Waals surface area contributed by atoms with Crippen LogP contribution in [0.2, 0.25) is 0 Å². The molecule has 1 aromatic heterocycles. The van der Waals surface area contributed by atoms with Crippen LogP contribution in [0, 0.1) is 11.3 Å². The zero-order valence-corrected chi connectivity index (χ0v) is 8.31. The summed E-state index contributed by atoms with van der Waals surface area (Å²) < 4.78 is 5.45. The minimum absolute atomic E-state index is 0.235. The van der Waals surface area contributed by atoms with Crippen LogP contribution in [0.25, 0.3) is 0 Å². The summed E-state index contributed by atoms with van der Waals surface area (Å²) >= 11 is 0. The molecule has 0 bridgehead atoms. The van der Waals surface area contributed by atoms with E-state index >= 15 is 0 Å². The van der Waals surface area contributed by atoms with Crippen molar-refractivity contribution in [3.63, 3.8) is 0 Å². The monoisotopic (exact) mass is 204 g/mol. The van der Waals surface area contributed by atoms with Crippen LogP contribution in [0.1, 0.15) is 18.5 Å². The first-order chi connectivity index (χ1) is 7.40. The smallest absolute Gasteiger partial charge is 0.182 e. The molecule has 1 aliphatic heterocycles. The first-order valence-corrected chi connectivity index (χ1v) is 4.96. The second-order valence-electron chi connectivity index (χ2n) is 3.38. The number of anilines is 1. The fraction of sp³-hybridized carbons (Fsp3) is 0.500. The average Bonchev–Trinajstić information content (AvgIpc) is 2.79. The maximum atomic E-state index is 8.79. The summed E-state index contributed by atoms with van der Waals surface area (Å²) in [6, 6.07) is 1.99. The van der Waals surface area contributed by atoms with Gasteiger partial charge in [-0.25, -0.2) is 9.97 Å². The van der Waals surface area contributed by atoms with Gasteiger partial charge >= 0.3 is 0 Å². The van der Waals surface area contributed by atoms with Gasteiger partial charge in [0.15, 0.2) is 11.5 Å². The van der Waals surface area contributed by atoms with Crippen molar-refractivity contribution in [2.75, 3.05) is 18.5 Å². The number of nitriles is 1. The van der Waals surface area contributed by atoms with Crippen LogP contribution in [0.3, 0.4) is 0 Å². The van der Waals surface area contributed by atoms with Crippen molar-refractivity contribution in [1.82, 2.24) is 9.97 Å². The third-order valence-electron chi connectivity index (χ3n) is 2.33. The molecule has 0 radical (unpaired) electrons. The predicted octanol–water partition coefficient (Wildman–Crippen LogP) is 0.939. The van der Waals surface area contributed by atoms with E-state index in [-0.39, 0.29) is 6.10 Å². The van der Waals surface area contributed by atoms with Gasteiger partial charge in [-0.05, 0) is 12.8 Å². The molecule has 1 aromatic rings. The van der Waals surface area contributed by atoms with Crippen molar-refractivity contribution in [2.24, 2.45) is 0 Å². The molecule has 1 aliphatic rings. The van der Waals surface area contributed by atoms with Crippen molar-refractivity contribution in [3.05, 3.63) is 18.1 Å². The Morgan fingerprint density at radius 2 is 2.40 bits per heavy atom. The fourth-order valence-corrected chi connectivity index (χ4v) is 1.57. The molecule has 0 amide bonds. The minimum atomic E-state index is 0.235. The Morgan fingerprint density at radius 3 is 3.13 bits per heavy atom. The average molecular weight is 204 g/mol. The first-order valence-electron chi connectivity index (χ1n) is 4.96. The molecule has 15 heavy (non-hydrogen) atoms. The number of hydrogen-bond donors (Lipinski definition) is 1. The number of nitrogens with one attached hydrogen (secondary N) is 1. The number of nitrogens with zero attached hydrogens (tertiary/aromatic N) is 3. The van der Waals surface area contributed by atoms with Crippen LogP contribution in [-0.2, 0) is 4.74 Å². The molecule has 1 N–H and O–H groups in total. The van der Waals surface area contributed by atoms with E-state index in [0.717, 1.165) is 19.4 Å². The zero-order valence-electron chi connectivity index (χ0n) is 8.31. The van der Waals surface area contributed by atoms with Gasteiger partial charge < -0.3 is 10.1 Å². The summed E-state index contributed by atoms with van der Waals surface area (Å²) in [6.07, 6.45) is 5.49. The summed E-state index contributed by atoms with van der Waals surface area (Å²) in [5.74, 6) is 0.538. The van der Waals surface area contributed by atoms with Gasteiger partial charge in [-0.2, -0.15) is 5.26 Å². The molecule has 0 aromatic carbocycles. The molecule has 2 heterocycles. The number of hydrogen-bond acceptors (Lipinski definition) is 5. The molecule has 1 fully saturated rings. The largest absolute Gasteiger partial charge is 0.376 e. The van der Waals surface area contributed by atoms with Crippen molar-refractivity contribution >= 4 is 5.82 Å². The van der Waals surface area contributed by atoms with Gasteiger partial charge in [0.25, 0.3) is 0 Å². The molecule has 5 nitrogen and oxygen atoms in total. The Balaban J connectivity index is 1.95. The lowest BCUT2D eigenvalue weighted by Gasteiger charge is -2.11. The van der Waals surface area contributed by atoms with Crippen molar-refractivity contribution < 1.29 is 4.74 Å². The molecular formula is C10H12N4O. The van der Waals surface area contributed by atoms with Crippen molar-refractivity contribution in [2.45, 2.75) is 18.9 Å². The SMILES string of the molecule is N#Cc1nccnc1NCC1CCCO1. The maximum Gasteiger partial charge on any atom is 0.182 e. The van der Waals surface area contributed by atoms with Gasteiger partial charge in [-0.3, -0.25) is 0 Å². The molecule has 1 atom stereocenters. The highest BCUT2D eigenvalue weighted by Crippen LogP contribution is 2.13. The summed E-state index contributed by atoms with van der Waals surface area (Å²) in [7, 11) is 0. The van der Waals surface area contributed by atoms with Gasteiger partial charge in [0.05, 0.1) is 6.10 Å². The lowest BCUT2D eigenvalue weighted by Crippen LogP contribution is -2.19. The molecule has 2 rings (SSSR count). The van der Waals surface area contributed by atoms with Gasteiger partial charge in [-0.15, -0.1) is 0 Å².